The number of hydrogen-bond donors (Lipinski definition) is 1. The van der Waals surface area contributed by atoms with Gasteiger partial charge in [-0.15, -0.1) is 6.58 Å². The molecule has 0 spiro atoms. The van der Waals surface area contributed by atoms with Crippen molar-refractivity contribution < 1.29 is 4.74 Å². The molecule has 2 nitrogen and oxygen atoms in total. The van der Waals surface area contributed by atoms with Crippen molar-refractivity contribution in [3.8, 4) is 5.75 Å². The van der Waals surface area contributed by atoms with Crippen LogP contribution in [-0.2, 0) is 0 Å². The number of ether oxygens (including phenoxy) is 1. The van der Waals surface area contributed by atoms with Crippen molar-refractivity contribution in [1.82, 2.24) is 0 Å². The first-order valence-electron chi connectivity index (χ1n) is 4.28. The molecule has 1 aromatic rings. The average Bonchev–Trinajstić information content (AvgIpc) is 2.18. The Balaban J connectivity index is 2.81. The van der Waals surface area contributed by atoms with Gasteiger partial charge in [0.25, 0.3) is 0 Å². The standard InChI is InChI=1S/C11H15NO/c1-3-5-11(12)9-6-4-7-10(8-9)13-2/h3-4,6-8,11H,1,5,12H2,2H3/t11-/m1/s1. The third-order valence-electron chi connectivity index (χ3n) is 1.94. The number of rotatable bonds is 4. The molecule has 0 bridgehead atoms. The van der Waals surface area contributed by atoms with E-state index in [4.69, 9.17) is 10.5 Å². The fourth-order valence-corrected chi connectivity index (χ4v) is 1.19. The van der Waals surface area contributed by atoms with Crippen LogP contribution in [0.25, 0.3) is 0 Å². The van der Waals surface area contributed by atoms with Crippen LogP contribution in [0.15, 0.2) is 36.9 Å². The first-order chi connectivity index (χ1) is 6.27. The van der Waals surface area contributed by atoms with E-state index in [0.717, 1.165) is 17.7 Å². The third-order valence-corrected chi connectivity index (χ3v) is 1.94. The Labute approximate surface area is 79.0 Å². The molecule has 0 saturated carbocycles. The van der Waals surface area contributed by atoms with Crippen molar-refractivity contribution in [2.24, 2.45) is 5.73 Å². The van der Waals surface area contributed by atoms with Crippen molar-refractivity contribution in [3.63, 3.8) is 0 Å². The van der Waals surface area contributed by atoms with Crippen LogP contribution in [0.1, 0.15) is 18.0 Å². The molecule has 0 radical (unpaired) electrons. The number of methoxy groups -OCH3 is 1. The summed E-state index contributed by atoms with van der Waals surface area (Å²) >= 11 is 0. The molecule has 2 heteroatoms. The number of hydrogen-bond acceptors (Lipinski definition) is 2. The summed E-state index contributed by atoms with van der Waals surface area (Å²) in [6, 6.07) is 7.82. The maximum Gasteiger partial charge on any atom is 0.119 e. The first-order valence-corrected chi connectivity index (χ1v) is 4.28. The van der Waals surface area contributed by atoms with Crippen molar-refractivity contribution in [3.05, 3.63) is 42.5 Å². The molecule has 1 rings (SSSR count). The van der Waals surface area contributed by atoms with Crippen LogP contribution in [0.2, 0.25) is 0 Å². The highest BCUT2D eigenvalue weighted by Gasteiger charge is 2.03. The van der Waals surface area contributed by atoms with Gasteiger partial charge in [0.1, 0.15) is 5.75 Å². The van der Waals surface area contributed by atoms with Crippen LogP contribution in [0.4, 0.5) is 0 Å². The van der Waals surface area contributed by atoms with Crippen molar-refractivity contribution in [2.75, 3.05) is 7.11 Å². The highest BCUT2D eigenvalue weighted by atomic mass is 16.5. The van der Waals surface area contributed by atoms with E-state index in [9.17, 15) is 0 Å². The van der Waals surface area contributed by atoms with Gasteiger partial charge in [-0.25, -0.2) is 0 Å². The molecule has 1 aromatic carbocycles. The van der Waals surface area contributed by atoms with Crippen LogP contribution in [0.3, 0.4) is 0 Å². The fourth-order valence-electron chi connectivity index (χ4n) is 1.19. The van der Waals surface area contributed by atoms with Gasteiger partial charge in [0, 0.05) is 6.04 Å². The SMILES string of the molecule is C=CC[C@@H](N)c1cccc(OC)c1. The maximum absolute atomic E-state index is 5.90. The molecule has 1 atom stereocenters. The molecule has 0 aliphatic carbocycles. The maximum atomic E-state index is 5.90. The van der Waals surface area contributed by atoms with Gasteiger partial charge >= 0.3 is 0 Å². The molecule has 2 N–H and O–H groups in total. The Morgan fingerprint density at radius 3 is 3.00 bits per heavy atom. The van der Waals surface area contributed by atoms with E-state index in [0.29, 0.717) is 0 Å². The Bertz CT molecular complexity index is 283. The topological polar surface area (TPSA) is 35.2 Å². The third kappa shape index (κ3) is 2.60. The zero-order valence-electron chi connectivity index (χ0n) is 7.86. The van der Waals surface area contributed by atoms with E-state index in [2.05, 4.69) is 6.58 Å². The van der Waals surface area contributed by atoms with Crippen molar-refractivity contribution in [1.29, 1.82) is 0 Å². The van der Waals surface area contributed by atoms with Gasteiger partial charge in [0.05, 0.1) is 7.11 Å². The van der Waals surface area contributed by atoms with Gasteiger partial charge in [-0.2, -0.15) is 0 Å². The summed E-state index contributed by atoms with van der Waals surface area (Å²) in [5.74, 6) is 0.844. The molecule has 0 aliphatic rings. The zero-order chi connectivity index (χ0) is 9.68. The van der Waals surface area contributed by atoms with Crippen LogP contribution in [-0.4, -0.2) is 7.11 Å². The second-order valence-corrected chi connectivity index (χ2v) is 2.91. The summed E-state index contributed by atoms with van der Waals surface area (Å²) in [6.45, 7) is 3.66. The zero-order valence-corrected chi connectivity index (χ0v) is 7.86. The molecule has 0 unspecified atom stereocenters. The molecular weight excluding hydrogens is 162 g/mol. The molecule has 0 saturated heterocycles. The van der Waals surface area contributed by atoms with Crippen LogP contribution < -0.4 is 10.5 Å². The Kier molecular flexibility index (Phi) is 3.53. The van der Waals surface area contributed by atoms with Crippen LogP contribution in [0, 0.1) is 0 Å². The molecule has 0 heterocycles. The summed E-state index contributed by atoms with van der Waals surface area (Å²) in [6.07, 6.45) is 2.61. The second-order valence-electron chi connectivity index (χ2n) is 2.91. The minimum absolute atomic E-state index is 0.0209. The Hall–Kier alpha value is -1.28. The van der Waals surface area contributed by atoms with E-state index in [1.54, 1.807) is 7.11 Å². The van der Waals surface area contributed by atoms with E-state index in [1.165, 1.54) is 0 Å². The summed E-state index contributed by atoms with van der Waals surface area (Å²) in [4.78, 5) is 0. The molecule has 0 aromatic heterocycles. The molecule has 0 fully saturated rings. The number of nitrogens with two attached hydrogens (primary N) is 1. The smallest absolute Gasteiger partial charge is 0.119 e. The van der Waals surface area contributed by atoms with Gasteiger partial charge in [-0.05, 0) is 24.1 Å². The highest BCUT2D eigenvalue weighted by molar-refractivity contribution is 5.30. The van der Waals surface area contributed by atoms with E-state index in [-0.39, 0.29) is 6.04 Å². The van der Waals surface area contributed by atoms with Crippen molar-refractivity contribution in [2.45, 2.75) is 12.5 Å². The summed E-state index contributed by atoms with van der Waals surface area (Å²) in [5, 5.41) is 0. The molecular formula is C11H15NO. The average molecular weight is 177 g/mol. The second kappa shape index (κ2) is 4.67. The summed E-state index contributed by atoms with van der Waals surface area (Å²) in [7, 11) is 1.65. The first kappa shape index (κ1) is 9.81. The monoisotopic (exact) mass is 177 g/mol. The van der Waals surface area contributed by atoms with Gasteiger partial charge in [-0.1, -0.05) is 18.2 Å². The van der Waals surface area contributed by atoms with Gasteiger partial charge in [0.2, 0.25) is 0 Å². The predicted molar refractivity (Wildman–Crippen MR) is 54.7 cm³/mol. The van der Waals surface area contributed by atoms with Crippen LogP contribution >= 0.6 is 0 Å². The predicted octanol–water partition coefficient (Wildman–Crippen LogP) is 2.27. The Morgan fingerprint density at radius 2 is 2.38 bits per heavy atom. The minimum Gasteiger partial charge on any atom is -0.497 e. The largest absolute Gasteiger partial charge is 0.497 e. The number of benzene rings is 1. The lowest BCUT2D eigenvalue weighted by Crippen LogP contribution is -2.08. The molecule has 0 amide bonds. The van der Waals surface area contributed by atoms with Gasteiger partial charge in [0.15, 0.2) is 0 Å². The fraction of sp³-hybridized carbons (Fsp3) is 0.273. The molecule has 13 heavy (non-hydrogen) atoms. The quantitative estimate of drug-likeness (QED) is 0.716. The van der Waals surface area contributed by atoms with E-state index < -0.39 is 0 Å². The summed E-state index contributed by atoms with van der Waals surface area (Å²) in [5.41, 5.74) is 6.98. The summed E-state index contributed by atoms with van der Waals surface area (Å²) < 4.78 is 5.10. The van der Waals surface area contributed by atoms with Crippen LogP contribution in [0.5, 0.6) is 5.75 Å². The molecule has 70 valence electrons. The molecule has 0 aliphatic heterocycles. The lowest BCUT2D eigenvalue weighted by atomic mass is 10.0. The van der Waals surface area contributed by atoms with Gasteiger partial charge in [-0.3, -0.25) is 0 Å². The van der Waals surface area contributed by atoms with Crippen molar-refractivity contribution >= 4 is 0 Å². The van der Waals surface area contributed by atoms with E-state index >= 15 is 0 Å². The minimum atomic E-state index is 0.0209. The van der Waals surface area contributed by atoms with E-state index in [1.807, 2.05) is 30.3 Å². The lowest BCUT2D eigenvalue weighted by Gasteiger charge is -2.10. The normalized spacial score (nSPS) is 12.2. The highest BCUT2D eigenvalue weighted by Crippen LogP contribution is 2.19. The Morgan fingerprint density at radius 1 is 1.62 bits per heavy atom. The van der Waals surface area contributed by atoms with Gasteiger partial charge < -0.3 is 10.5 Å². The lowest BCUT2D eigenvalue weighted by molar-refractivity contribution is 0.414.